The van der Waals surface area contributed by atoms with E-state index in [4.69, 9.17) is 4.74 Å². The molecule has 9 nitrogen and oxygen atoms in total. The maximum atomic E-state index is 12.5. The van der Waals surface area contributed by atoms with Crippen LogP contribution in [0.2, 0.25) is 0 Å². The molecule has 3 N–H and O–H groups in total. The summed E-state index contributed by atoms with van der Waals surface area (Å²) in [7, 11) is 5.21. The van der Waals surface area contributed by atoms with Crippen LogP contribution in [-0.2, 0) is 11.2 Å². The van der Waals surface area contributed by atoms with Gasteiger partial charge in [-0.1, -0.05) is 35.2 Å². The quantitative estimate of drug-likeness (QED) is 0.473. The predicted octanol–water partition coefficient (Wildman–Crippen LogP) is 2.43. The van der Waals surface area contributed by atoms with Gasteiger partial charge in [0.2, 0.25) is 5.13 Å². The lowest BCUT2D eigenvalue weighted by Gasteiger charge is -2.21. The molecule has 2 unspecified atom stereocenters. The van der Waals surface area contributed by atoms with Crippen molar-refractivity contribution in [1.29, 1.82) is 0 Å². The number of nitrogens with one attached hydrogen (secondary N) is 2. The van der Waals surface area contributed by atoms with Crippen LogP contribution in [0.15, 0.2) is 29.4 Å². The Morgan fingerprint density at radius 1 is 1.27 bits per heavy atom. The summed E-state index contributed by atoms with van der Waals surface area (Å²) in [4.78, 5) is 12.5. The number of unbranched alkanes of at least 4 members (excludes halogenated alkanes) is 1. The number of ether oxygens (including phenoxy) is 1. The van der Waals surface area contributed by atoms with E-state index >= 15 is 0 Å². The highest BCUT2D eigenvalue weighted by Crippen LogP contribution is 2.27. The third kappa shape index (κ3) is 5.83. The molecule has 11 heteroatoms. The monoisotopic (exact) mass is 450 g/mol. The van der Waals surface area contributed by atoms with Gasteiger partial charge in [-0.2, -0.15) is 5.10 Å². The highest BCUT2D eigenvalue weighted by Gasteiger charge is 2.28. The Kier molecular flexibility index (Phi) is 7.88. The van der Waals surface area contributed by atoms with E-state index in [1.165, 1.54) is 11.8 Å². The molecule has 2 aromatic rings. The number of methoxy groups -OCH3 is 1. The Bertz CT molecular complexity index is 873. The summed E-state index contributed by atoms with van der Waals surface area (Å²) in [5.41, 5.74) is 0.181. The molecule has 2 heterocycles. The summed E-state index contributed by atoms with van der Waals surface area (Å²) in [6.45, 7) is 0. The van der Waals surface area contributed by atoms with E-state index in [9.17, 15) is 9.90 Å². The summed E-state index contributed by atoms with van der Waals surface area (Å²) in [5.74, 6) is 0.210. The van der Waals surface area contributed by atoms with Crippen molar-refractivity contribution in [2.45, 2.75) is 37.3 Å². The van der Waals surface area contributed by atoms with Crippen molar-refractivity contribution in [3.8, 4) is 5.75 Å². The molecule has 3 rings (SSSR count). The number of hydrogen-bond donors (Lipinski definition) is 3. The van der Waals surface area contributed by atoms with Crippen molar-refractivity contribution >= 4 is 39.2 Å². The third-order valence-corrected chi connectivity index (χ3v) is 6.72. The molecular formula is C19H26N6O3S2. The van der Waals surface area contributed by atoms with Crippen LogP contribution < -0.4 is 15.4 Å². The van der Waals surface area contributed by atoms with Gasteiger partial charge in [0.25, 0.3) is 5.91 Å². The van der Waals surface area contributed by atoms with Gasteiger partial charge in [-0.25, -0.2) is 0 Å². The summed E-state index contributed by atoms with van der Waals surface area (Å²) in [5, 5.41) is 33.4. The van der Waals surface area contributed by atoms with Crippen LogP contribution in [0, 0.1) is 0 Å². The standard InChI is InChI=1S/C19H26N6O3S2/c1-20-18-23-22-14(29-18)6-4-5-7-15-24-25(2)19(30-15)21-17(27)16(26)12-8-10-13(28-3)11-9-12/h8-11,16,19,26H,4-7H2,1-3H3,(H,20,23)(H,21,27). The second-order valence-corrected chi connectivity index (χ2v) is 8.90. The Labute approximate surface area is 183 Å². The van der Waals surface area contributed by atoms with E-state index in [0.717, 1.165) is 40.9 Å². The predicted molar refractivity (Wildman–Crippen MR) is 120 cm³/mol. The number of rotatable bonds is 10. The number of aliphatic hydroxyl groups is 1. The third-order valence-electron chi connectivity index (χ3n) is 4.51. The molecule has 162 valence electrons. The minimum absolute atomic E-state index is 0.332. The summed E-state index contributed by atoms with van der Waals surface area (Å²) < 4.78 is 5.10. The molecule has 1 amide bonds. The van der Waals surface area contributed by atoms with Crippen LogP contribution >= 0.6 is 23.1 Å². The number of hydrogen-bond acceptors (Lipinski definition) is 10. The average Bonchev–Trinajstić information content (AvgIpc) is 3.37. The van der Waals surface area contributed by atoms with Gasteiger partial charge in [0, 0.05) is 20.5 Å². The van der Waals surface area contributed by atoms with E-state index < -0.39 is 12.0 Å². The first-order valence-corrected chi connectivity index (χ1v) is 11.3. The van der Waals surface area contributed by atoms with Gasteiger partial charge in [-0.3, -0.25) is 9.80 Å². The molecule has 1 aromatic heterocycles. The van der Waals surface area contributed by atoms with Crippen molar-refractivity contribution in [3.63, 3.8) is 0 Å². The Hall–Kier alpha value is -2.37. The lowest BCUT2D eigenvalue weighted by molar-refractivity contribution is -0.130. The van der Waals surface area contributed by atoms with Crippen LogP contribution in [-0.4, -0.2) is 58.0 Å². The molecule has 30 heavy (non-hydrogen) atoms. The molecule has 0 radical (unpaired) electrons. The molecule has 0 spiro atoms. The van der Waals surface area contributed by atoms with Crippen LogP contribution in [0.5, 0.6) is 5.75 Å². The molecular weight excluding hydrogens is 424 g/mol. The number of carbonyl (C=O) groups excluding carboxylic acids is 1. The maximum absolute atomic E-state index is 12.5. The summed E-state index contributed by atoms with van der Waals surface area (Å²) in [6, 6.07) is 6.78. The molecule has 1 aliphatic heterocycles. The fourth-order valence-electron chi connectivity index (χ4n) is 2.84. The maximum Gasteiger partial charge on any atom is 0.255 e. The number of amides is 1. The number of carbonyl (C=O) groups is 1. The number of aryl methyl sites for hydroxylation is 1. The number of anilines is 1. The smallest absolute Gasteiger partial charge is 0.255 e. The van der Waals surface area contributed by atoms with Gasteiger partial charge in [0.05, 0.1) is 12.2 Å². The molecule has 1 aromatic carbocycles. The Morgan fingerprint density at radius 2 is 2.00 bits per heavy atom. The van der Waals surface area contributed by atoms with E-state index in [1.54, 1.807) is 47.7 Å². The number of hydrazone groups is 1. The zero-order chi connectivity index (χ0) is 21.5. The molecule has 2 atom stereocenters. The Morgan fingerprint density at radius 3 is 2.67 bits per heavy atom. The van der Waals surface area contributed by atoms with Gasteiger partial charge < -0.3 is 20.5 Å². The lowest BCUT2D eigenvalue weighted by Crippen LogP contribution is -2.42. The average molecular weight is 451 g/mol. The number of aliphatic hydroxyl groups excluding tert-OH is 1. The lowest BCUT2D eigenvalue weighted by atomic mass is 10.1. The molecule has 0 aliphatic carbocycles. The number of benzene rings is 1. The van der Waals surface area contributed by atoms with Crippen molar-refractivity contribution in [2.24, 2.45) is 5.10 Å². The van der Waals surface area contributed by atoms with Gasteiger partial charge >= 0.3 is 0 Å². The molecule has 1 aliphatic rings. The van der Waals surface area contributed by atoms with Gasteiger partial charge in [0.1, 0.15) is 10.8 Å². The summed E-state index contributed by atoms with van der Waals surface area (Å²) in [6.07, 6.45) is 2.45. The minimum Gasteiger partial charge on any atom is -0.497 e. The zero-order valence-corrected chi connectivity index (χ0v) is 18.8. The van der Waals surface area contributed by atoms with E-state index in [0.29, 0.717) is 11.3 Å². The van der Waals surface area contributed by atoms with Crippen LogP contribution in [0.4, 0.5) is 5.13 Å². The molecule has 0 fully saturated rings. The van der Waals surface area contributed by atoms with E-state index in [2.05, 4.69) is 25.9 Å². The zero-order valence-electron chi connectivity index (χ0n) is 17.2. The fourth-order valence-corrected chi connectivity index (χ4v) is 4.64. The van der Waals surface area contributed by atoms with Crippen molar-refractivity contribution in [1.82, 2.24) is 20.5 Å². The molecule has 0 bridgehead atoms. The Balaban J connectivity index is 1.42. The first-order chi connectivity index (χ1) is 14.5. The second-order valence-electron chi connectivity index (χ2n) is 6.68. The van der Waals surface area contributed by atoms with Crippen molar-refractivity contribution in [2.75, 3.05) is 26.5 Å². The van der Waals surface area contributed by atoms with Gasteiger partial charge in [-0.05, 0) is 37.0 Å². The highest BCUT2D eigenvalue weighted by molar-refractivity contribution is 8.14. The minimum atomic E-state index is -1.25. The van der Waals surface area contributed by atoms with Gasteiger partial charge in [0.15, 0.2) is 11.6 Å². The fraction of sp³-hybridized carbons (Fsp3) is 0.474. The van der Waals surface area contributed by atoms with Crippen LogP contribution in [0.1, 0.15) is 35.9 Å². The highest BCUT2D eigenvalue weighted by atomic mass is 32.2. The van der Waals surface area contributed by atoms with Crippen molar-refractivity contribution < 1.29 is 14.6 Å². The van der Waals surface area contributed by atoms with E-state index in [-0.39, 0.29) is 5.50 Å². The van der Waals surface area contributed by atoms with Gasteiger partial charge in [-0.15, -0.1) is 10.2 Å². The number of thioether (sulfide) groups is 1. The van der Waals surface area contributed by atoms with E-state index in [1.807, 2.05) is 14.1 Å². The first kappa shape index (κ1) is 22.3. The summed E-state index contributed by atoms with van der Waals surface area (Å²) >= 11 is 3.07. The van der Waals surface area contributed by atoms with Crippen LogP contribution in [0.3, 0.4) is 0 Å². The molecule has 0 saturated carbocycles. The number of nitrogens with zero attached hydrogens (tertiary/aromatic N) is 4. The second kappa shape index (κ2) is 10.6. The number of aromatic nitrogens is 2. The topological polar surface area (TPSA) is 112 Å². The normalized spacial score (nSPS) is 16.9. The SMILES string of the molecule is CNc1nnc(CCCCC2=NN(C)C(NC(=O)C(O)c3ccc(OC)cc3)S2)s1. The van der Waals surface area contributed by atoms with Crippen LogP contribution in [0.25, 0.3) is 0 Å². The first-order valence-electron chi connectivity index (χ1n) is 9.59. The van der Waals surface area contributed by atoms with Crippen molar-refractivity contribution in [3.05, 3.63) is 34.8 Å². The largest absolute Gasteiger partial charge is 0.497 e. The molecule has 0 saturated heterocycles.